The number of thioether (sulfide) groups is 1. The zero-order chi connectivity index (χ0) is 23.5. The van der Waals surface area contributed by atoms with Crippen molar-refractivity contribution in [2.24, 2.45) is 0 Å². The van der Waals surface area contributed by atoms with Gasteiger partial charge in [-0.2, -0.15) is 0 Å². The summed E-state index contributed by atoms with van der Waals surface area (Å²) in [6.45, 7) is 0.300. The van der Waals surface area contributed by atoms with Gasteiger partial charge in [0.1, 0.15) is 16.5 Å². The minimum Gasteiger partial charge on any atom is -0.467 e. The molecular weight excluding hydrogens is 517 g/mol. The van der Waals surface area contributed by atoms with Gasteiger partial charge < -0.3 is 14.2 Å². The lowest BCUT2D eigenvalue weighted by molar-refractivity contribution is 0.0943. The van der Waals surface area contributed by atoms with Gasteiger partial charge in [0.05, 0.1) is 35.5 Å². The van der Waals surface area contributed by atoms with Crippen molar-refractivity contribution in [1.82, 2.24) is 25.1 Å². The number of nitrogens with zero attached hydrogens (tertiary/aromatic N) is 4. The van der Waals surface area contributed by atoms with E-state index in [9.17, 15) is 4.79 Å². The Kier molecular flexibility index (Phi) is 6.73. The summed E-state index contributed by atoms with van der Waals surface area (Å²) in [5.41, 5.74) is 1.02. The summed E-state index contributed by atoms with van der Waals surface area (Å²) in [4.78, 5) is 16.8. The van der Waals surface area contributed by atoms with Crippen LogP contribution in [0.2, 0.25) is 10.0 Å². The van der Waals surface area contributed by atoms with Gasteiger partial charge in [0.15, 0.2) is 10.9 Å². The van der Waals surface area contributed by atoms with Gasteiger partial charge >= 0.3 is 0 Å². The second-order valence-electron chi connectivity index (χ2n) is 6.89. The van der Waals surface area contributed by atoms with Crippen LogP contribution in [0.1, 0.15) is 21.3 Å². The number of carbonyl (C=O) groups is 1. The minimum atomic E-state index is -0.264. The van der Waals surface area contributed by atoms with Gasteiger partial charge in [0, 0.05) is 10.4 Å². The number of rotatable bonds is 8. The summed E-state index contributed by atoms with van der Waals surface area (Å²) < 4.78 is 12.6. The maximum absolute atomic E-state index is 12.4. The van der Waals surface area contributed by atoms with Gasteiger partial charge in [-0.25, -0.2) is 4.98 Å². The Balaban J connectivity index is 1.35. The van der Waals surface area contributed by atoms with Crippen molar-refractivity contribution in [3.8, 4) is 17.3 Å². The Morgan fingerprint density at radius 3 is 2.74 bits per heavy atom. The molecule has 5 aromatic rings. The fourth-order valence-electron chi connectivity index (χ4n) is 3.09. The fraction of sp³-hybridized carbons (Fsp3) is 0.0909. The van der Waals surface area contributed by atoms with E-state index in [1.54, 1.807) is 60.4 Å². The van der Waals surface area contributed by atoms with E-state index in [4.69, 9.17) is 32.0 Å². The van der Waals surface area contributed by atoms with Crippen LogP contribution in [0.4, 0.5) is 0 Å². The number of benzene rings is 1. The molecule has 1 N–H and O–H groups in total. The van der Waals surface area contributed by atoms with Gasteiger partial charge in [-0.1, -0.05) is 35.0 Å². The first-order valence-corrected chi connectivity index (χ1v) is 12.5. The van der Waals surface area contributed by atoms with Crippen molar-refractivity contribution in [2.45, 2.75) is 17.5 Å². The first-order chi connectivity index (χ1) is 16.6. The molecule has 0 saturated carbocycles. The average Bonchev–Trinajstić information content (AvgIpc) is 3.63. The van der Waals surface area contributed by atoms with E-state index in [0.29, 0.717) is 56.2 Å². The van der Waals surface area contributed by atoms with Gasteiger partial charge in [-0.15, -0.1) is 21.5 Å². The molecule has 8 nitrogen and oxygen atoms in total. The lowest BCUT2D eigenvalue weighted by atomic mass is 10.3. The predicted octanol–water partition coefficient (Wildman–Crippen LogP) is 6.11. The molecule has 1 aromatic carbocycles. The topological polar surface area (TPSA) is 99.0 Å². The number of furan rings is 2. The summed E-state index contributed by atoms with van der Waals surface area (Å²) in [6, 6.07) is 12.3. The van der Waals surface area contributed by atoms with Crippen LogP contribution in [0.3, 0.4) is 0 Å². The molecule has 5 rings (SSSR count). The predicted molar refractivity (Wildman–Crippen MR) is 131 cm³/mol. The molecule has 34 heavy (non-hydrogen) atoms. The summed E-state index contributed by atoms with van der Waals surface area (Å²) in [5, 5.41) is 15.5. The summed E-state index contributed by atoms with van der Waals surface area (Å²) in [6.07, 6.45) is 3.13. The first-order valence-electron chi connectivity index (χ1n) is 9.91. The maximum atomic E-state index is 12.4. The molecular formula is C22H15Cl2N5O3S2. The number of aromatic nitrogens is 4. The second-order valence-corrected chi connectivity index (χ2v) is 9.62. The van der Waals surface area contributed by atoms with Gasteiger partial charge in [0.25, 0.3) is 5.91 Å². The number of thiazole rings is 1. The highest BCUT2D eigenvalue weighted by molar-refractivity contribution is 7.98. The molecule has 172 valence electrons. The van der Waals surface area contributed by atoms with Crippen molar-refractivity contribution >= 4 is 52.2 Å². The highest BCUT2D eigenvalue weighted by Gasteiger charge is 2.21. The van der Waals surface area contributed by atoms with E-state index in [1.807, 2.05) is 4.57 Å². The van der Waals surface area contributed by atoms with E-state index >= 15 is 0 Å². The van der Waals surface area contributed by atoms with Crippen LogP contribution < -0.4 is 5.32 Å². The Labute approximate surface area is 211 Å². The number of hydrogen-bond acceptors (Lipinski definition) is 8. The zero-order valence-electron chi connectivity index (χ0n) is 17.3. The molecule has 0 aliphatic rings. The van der Waals surface area contributed by atoms with Crippen molar-refractivity contribution in [2.75, 3.05) is 0 Å². The molecule has 0 fully saturated rings. The minimum absolute atomic E-state index is 0.264. The van der Waals surface area contributed by atoms with E-state index in [1.165, 1.54) is 23.1 Å². The van der Waals surface area contributed by atoms with Gasteiger partial charge in [-0.05, 0) is 42.5 Å². The molecule has 0 saturated heterocycles. The maximum Gasteiger partial charge on any atom is 0.271 e. The molecule has 0 spiro atoms. The summed E-state index contributed by atoms with van der Waals surface area (Å²) in [7, 11) is 0. The second kappa shape index (κ2) is 10.1. The number of halogens is 2. The Morgan fingerprint density at radius 2 is 1.97 bits per heavy atom. The third-order valence-electron chi connectivity index (χ3n) is 4.64. The van der Waals surface area contributed by atoms with E-state index in [2.05, 4.69) is 20.5 Å². The Hall–Kier alpha value is -3.05. The molecule has 0 radical (unpaired) electrons. The molecule has 0 aliphatic heterocycles. The SMILES string of the molecule is O=C(NCc1ccco1)c1csc(CSc2nnc(-c3ccco3)n2-c2ccc(Cl)cc2Cl)n1. The first kappa shape index (κ1) is 22.7. The lowest BCUT2D eigenvalue weighted by Crippen LogP contribution is -2.22. The number of nitrogens with one attached hydrogen (secondary N) is 1. The molecule has 0 bridgehead atoms. The van der Waals surface area contributed by atoms with Crippen molar-refractivity contribution < 1.29 is 13.6 Å². The number of carbonyl (C=O) groups excluding carboxylic acids is 1. The van der Waals surface area contributed by atoms with Crippen LogP contribution >= 0.6 is 46.3 Å². The Morgan fingerprint density at radius 1 is 1.12 bits per heavy atom. The molecule has 0 aliphatic carbocycles. The molecule has 0 atom stereocenters. The molecule has 12 heteroatoms. The smallest absolute Gasteiger partial charge is 0.271 e. The molecule has 1 amide bonds. The van der Waals surface area contributed by atoms with Crippen LogP contribution in [-0.4, -0.2) is 25.7 Å². The van der Waals surface area contributed by atoms with E-state index < -0.39 is 0 Å². The zero-order valence-corrected chi connectivity index (χ0v) is 20.4. The van der Waals surface area contributed by atoms with E-state index in [-0.39, 0.29) is 5.91 Å². The fourth-order valence-corrected chi connectivity index (χ4v) is 5.32. The number of hydrogen-bond donors (Lipinski definition) is 1. The van der Waals surface area contributed by atoms with Crippen LogP contribution in [0.25, 0.3) is 17.3 Å². The van der Waals surface area contributed by atoms with Gasteiger partial charge in [-0.3, -0.25) is 9.36 Å². The Bertz CT molecular complexity index is 1410. The summed E-state index contributed by atoms with van der Waals surface area (Å²) >= 11 is 15.4. The normalized spacial score (nSPS) is 11.1. The quantitative estimate of drug-likeness (QED) is 0.241. The summed E-state index contributed by atoms with van der Waals surface area (Å²) in [5.74, 6) is 1.95. The third-order valence-corrected chi connectivity index (χ3v) is 7.15. The van der Waals surface area contributed by atoms with Crippen LogP contribution in [0.15, 0.2) is 74.4 Å². The molecule has 0 unspecified atom stereocenters. The molecule has 4 aromatic heterocycles. The largest absolute Gasteiger partial charge is 0.467 e. The van der Waals surface area contributed by atoms with Crippen molar-refractivity contribution in [3.05, 3.63) is 86.9 Å². The van der Waals surface area contributed by atoms with E-state index in [0.717, 1.165) is 5.01 Å². The van der Waals surface area contributed by atoms with Gasteiger partial charge in [0.2, 0.25) is 5.82 Å². The highest BCUT2D eigenvalue weighted by atomic mass is 35.5. The standard InChI is InChI=1S/C22H15Cl2N5O3S2/c23-13-5-6-17(15(24)9-13)29-20(18-4-2-8-32-18)27-28-22(29)34-12-19-26-16(11-33-19)21(30)25-10-14-3-1-7-31-14/h1-9,11H,10,12H2,(H,25,30). The van der Waals surface area contributed by atoms with Crippen LogP contribution in [-0.2, 0) is 12.3 Å². The van der Waals surface area contributed by atoms with Crippen molar-refractivity contribution in [1.29, 1.82) is 0 Å². The number of amides is 1. The highest BCUT2D eigenvalue weighted by Crippen LogP contribution is 2.34. The average molecular weight is 532 g/mol. The molecule has 4 heterocycles. The van der Waals surface area contributed by atoms with Crippen LogP contribution in [0.5, 0.6) is 0 Å². The monoisotopic (exact) mass is 531 g/mol. The third kappa shape index (κ3) is 4.90. The van der Waals surface area contributed by atoms with Crippen LogP contribution in [0, 0.1) is 0 Å². The van der Waals surface area contributed by atoms with Crippen molar-refractivity contribution in [3.63, 3.8) is 0 Å². The lowest BCUT2D eigenvalue weighted by Gasteiger charge is -2.11.